The van der Waals surface area contributed by atoms with Crippen LogP contribution < -0.4 is 4.74 Å². The predicted octanol–water partition coefficient (Wildman–Crippen LogP) is 1.69. The van der Waals surface area contributed by atoms with E-state index in [0.29, 0.717) is 5.75 Å². The highest BCUT2D eigenvalue weighted by Gasteiger charge is 2.11. The molecule has 0 bridgehead atoms. The van der Waals surface area contributed by atoms with E-state index in [1.807, 2.05) is 0 Å². The first-order valence-corrected chi connectivity index (χ1v) is 4.15. The molecule has 1 aromatic carbocycles. The molecule has 0 aliphatic carbocycles. The van der Waals surface area contributed by atoms with E-state index >= 15 is 0 Å². The first-order chi connectivity index (χ1) is 6.72. The molecule has 0 spiro atoms. The minimum atomic E-state index is -0.466. The monoisotopic (exact) mass is 198 g/mol. The Bertz CT molecular complexity index is 294. The fourth-order valence-electron chi connectivity index (χ4n) is 1.22. The zero-order valence-electron chi connectivity index (χ0n) is 8.48. The highest BCUT2D eigenvalue weighted by molar-refractivity contribution is 5.42. The molecule has 1 aromatic rings. The maximum Gasteiger partial charge on any atom is 0.183 e. The molecule has 0 fully saturated rings. The van der Waals surface area contributed by atoms with Crippen LogP contribution in [0.5, 0.6) is 11.5 Å². The summed E-state index contributed by atoms with van der Waals surface area (Å²) >= 11 is 0. The Kier molecular flexibility index (Phi) is 3.73. The number of benzene rings is 1. The van der Waals surface area contributed by atoms with Crippen LogP contribution in [0.25, 0.3) is 0 Å². The van der Waals surface area contributed by atoms with Crippen LogP contribution in [0, 0.1) is 0 Å². The van der Waals surface area contributed by atoms with Crippen LogP contribution in [-0.4, -0.2) is 26.4 Å². The summed E-state index contributed by atoms with van der Waals surface area (Å²) in [6.45, 7) is 0. The largest absolute Gasteiger partial charge is 0.504 e. The van der Waals surface area contributed by atoms with E-state index in [4.69, 9.17) is 14.2 Å². The summed E-state index contributed by atoms with van der Waals surface area (Å²) in [7, 11) is 4.57. The van der Waals surface area contributed by atoms with Crippen LogP contribution in [0.2, 0.25) is 0 Å². The van der Waals surface area contributed by atoms with Crippen LogP contribution in [0.3, 0.4) is 0 Å². The predicted molar refractivity (Wildman–Crippen MR) is 51.4 cm³/mol. The number of hydrogen-bond donors (Lipinski definition) is 1. The second-order valence-corrected chi connectivity index (χ2v) is 2.73. The Morgan fingerprint density at radius 1 is 1.14 bits per heavy atom. The van der Waals surface area contributed by atoms with Crippen molar-refractivity contribution in [3.63, 3.8) is 0 Å². The molecule has 0 heterocycles. The van der Waals surface area contributed by atoms with Gasteiger partial charge in [0, 0.05) is 19.8 Å². The number of methoxy groups -OCH3 is 3. The number of phenols is 1. The smallest absolute Gasteiger partial charge is 0.183 e. The lowest BCUT2D eigenvalue weighted by Gasteiger charge is -2.14. The summed E-state index contributed by atoms with van der Waals surface area (Å²) in [6, 6.07) is 4.99. The third-order valence-corrected chi connectivity index (χ3v) is 1.90. The van der Waals surface area contributed by atoms with Crippen molar-refractivity contribution in [1.29, 1.82) is 0 Å². The molecular weight excluding hydrogens is 184 g/mol. The van der Waals surface area contributed by atoms with Crippen LogP contribution in [0.4, 0.5) is 0 Å². The molecule has 0 atom stereocenters. The molecule has 0 aliphatic heterocycles. The average molecular weight is 198 g/mol. The maximum absolute atomic E-state index is 9.50. The van der Waals surface area contributed by atoms with Crippen molar-refractivity contribution in [2.24, 2.45) is 0 Å². The van der Waals surface area contributed by atoms with Crippen molar-refractivity contribution in [3.05, 3.63) is 23.8 Å². The van der Waals surface area contributed by atoms with Crippen molar-refractivity contribution in [2.45, 2.75) is 6.29 Å². The van der Waals surface area contributed by atoms with Crippen LogP contribution in [0.15, 0.2) is 18.2 Å². The van der Waals surface area contributed by atoms with Crippen molar-refractivity contribution in [1.82, 2.24) is 0 Å². The molecule has 4 heteroatoms. The molecule has 1 rings (SSSR count). The standard InChI is InChI=1S/C10H14O4/c1-12-9-5-4-7(6-8(9)11)10(13-2)14-3/h4-6,10-11H,1-3H3. The molecule has 0 amide bonds. The first-order valence-electron chi connectivity index (χ1n) is 4.15. The van der Waals surface area contributed by atoms with E-state index in [-0.39, 0.29) is 5.75 Å². The van der Waals surface area contributed by atoms with E-state index in [9.17, 15) is 5.11 Å². The minimum Gasteiger partial charge on any atom is -0.504 e. The van der Waals surface area contributed by atoms with Gasteiger partial charge in [0.1, 0.15) is 0 Å². The molecule has 0 aromatic heterocycles. The zero-order valence-corrected chi connectivity index (χ0v) is 8.48. The second kappa shape index (κ2) is 4.83. The van der Waals surface area contributed by atoms with Gasteiger partial charge in [-0.3, -0.25) is 0 Å². The second-order valence-electron chi connectivity index (χ2n) is 2.73. The Balaban J connectivity index is 2.95. The number of phenolic OH excluding ortho intramolecular Hbond substituents is 1. The lowest BCUT2D eigenvalue weighted by Crippen LogP contribution is -2.03. The Labute approximate surface area is 83.0 Å². The minimum absolute atomic E-state index is 0.0732. The van der Waals surface area contributed by atoms with Gasteiger partial charge in [0.25, 0.3) is 0 Å². The summed E-state index contributed by atoms with van der Waals surface area (Å²) in [5.41, 5.74) is 0.744. The van der Waals surface area contributed by atoms with Crippen LogP contribution >= 0.6 is 0 Å². The summed E-state index contributed by atoms with van der Waals surface area (Å²) in [5.74, 6) is 0.504. The Morgan fingerprint density at radius 2 is 1.79 bits per heavy atom. The number of rotatable bonds is 4. The van der Waals surface area contributed by atoms with Crippen molar-refractivity contribution < 1.29 is 19.3 Å². The van der Waals surface area contributed by atoms with Gasteiger partial charge in [0.05, 0.1) is 7.11 Å². The molecule has 0 radical (unpaired) electrons. The quantitative estimate of drug-likeness (QED) is 0.748. The van der Waals surface area contributed by atoms with Gasteiger partial charge in [0.2, 0.25) is 0 Å². The first kappa shape index (κ1) is 10.8. The van der Waals surface area contributed by atoms with Gasteiger partial charge in [-0.15, -0.1) is 0 Å². The van der Waals surface area contributed by atoms with E-state index in [0.717, 1.165) is 5.56 Å². The number of hydrogen-bond acceptors (Lipinski definition) is 4. The summed E-state index contributed by atoms with van der Waals surface area (Å²) < 4.78 is 15.0. The zero-order chi connectivity index (χ0) is 10.6. The topological polar surface area (TPSA) is 47.9 Å². The van der Waals surface area contributed by atoms with E-state index in [1.165, 1.54) is 21.3 Å². The van der Waals surface area contributed by atoms with Gasteiger partial charge in [-0.05, 0) is 12.1 Å². The highest BCUT2D eigenvalue weighted by Crippen LogP contribution is 2.29. The van der Waals surface area contributed by atoms with E-state index in [1.54, 1.807) is 18.2 Å². The molecule has 14 heavy (non-hydrogen) atoms. The van der Waals surface area contributed by atoms with E-state index < -0.39 is 6.29 Å². The van der Waals surface area contributed by atoms with Gasteiger partial charge in [-0.1, -0.05) is 6.07 Å². The van der Waals surface area contributed by atoms with Gasteiger partial charge in [-0.25, -0.2) is 0 Å². The maximum atomic E-state index is 9.50. The van der Waals surface area contributed by atoms with E-state index in [2.05, 4.69) is 0 Å². The summed E-state index contributed by atoms with van der Waals surface area (Å²) in [5, 5.41) is 9.50. The van der Waals surface area contributed by atoms with Crippen LogP contribution in [0.1, 0.15) is 11.9 Å². The van der Waals surface area contributed by atoms with Crippen molar-refractivity contribution in [2.75, 3.05) is 21.3 Å². The van der Waals surface area contributed by atoms with Crippen LogP contribution in [-0.2, 0) is 9.47 Å². The van der Waals surface area contributed by atoms with Crippen molar-refractivity contribution >= 4 is 0 Å². The molecule has 0 saturated heterocycles. The Hall–Kier alpha value is -1.26. The molecule has 4 nitrogen and oxygen atoms in total. The average Bonchev–Trinajstić information content (AvgIpc) is 2.20. The SMILES string of the molecule is COc1ccc(C(OC)OC)cc1O. The van der Waals surface area contributed by atoms with Gasteiger partial charge < -0.3 is 19.3 Å². The lowest BCUT2D eigenvalue weighted by molar-refractivity contribution is -0.106. The molecular formula is C10H14O4. The number of ether oxygens (including phenoxy) is 3. The van der Waals surface area contributed by atoms with Gasteiger partial charge in [0.15, 0.2) is 17.8 Å². The van der Waals surface area contributed by atoms with Gasteiger partial charge >= 0.3 is 0 Å². The molecule has 0 aliphatic rings. The number of aromatic hydroxyl groups is 1. The van der Waals surface area contributed by atoms with Crippen molar-refractivity contribution in [3.8, 4) is 11.5 Å². The lowest BCUT2D eigenvalue weighted by atomic mass is 10.2. The highest BCUT2D eigenvalue weighted by atomic mass is 16.7. The normalized spacial score (nSPS) is 10.6. The fraction of sp³-hybridized carbons (Fsp3) is 0.400. The molecule has 0 unspecified atom stereocenters. The molecule has 0 saturated carbocycles. The van der Waals surface area contributed by atoms with Gasteiger partial charge in [-0.2, -0.15) is 0 Å². The Morgan fingerprint density at radius 3 is 2.21 bits per heavy atom. The third-order valence-electron chi connectivity index (χ3n) is 1.90. The molecule has 1 N–H and O–H groups in total. The molecule has 78 valence electrons. The third kappa shape index (κ3) is 2.16. The summed E-state index contributed by atoms with van der Waals surface area (Å²) in [6.07, 6.45) is -0.466. The fourth-order valence-corrected chi connectivity index (χ4v) is 1.22. The summed E-state index contributed by atoms with van der Waals surface area (Å²) in [4.78, 5) is 0.